The quantitative estimate of drug-likeness (QED) is 0.444. The maximum absolute atomic E-state index is 12.7. The van der Waals surface area contributed by atoms with Gasteiger partial charge in [-0.2, -0.15) is 0 Å². The van der Waals surface area contributed by atoms with E-state index in [2.05, 4.69) is 4.90 Å². The van der Waals surface area contributed by atoms with E-state index in [-0.39, 0.29) is 5.78 Å². The van der Waals surface area contributed by atoms with E-state index >= 15 is 0 Å². The monoisotopic (exact) mass is 406 g/mol. The third-order valence-corrected chi connectivity index (χ3v) is 5.79. The van der Waals surface area contributed by atoms with Crippen molar-refractivity contribution in [3.8, 4) is 17.0 Å². The molecule has 5 nitrogen and oxygen atoms in total. The molecular weight excluding hydrogens is 384 g/mol. The van der Waals surface area contributed by atoms with Crippen LogP contribution in [0.1, 0.15) is 15.2 Å². The third kappa shape index (κ3) is 4.55. The van der Waals surface area contributed by atoms with Gasteiger partial charge in [0, 0.05) is 24.2 Å². The van der Waals surface area contributed by atoms with Gasteiger partial charge >= 0.3 is 0 Å². The summed E-state index contributed by atoms with van der Waals surface area (Å²) in [5, 5.41) is 0.959. The van der Waals surface area contributed by atoms with Crippen LogP contribution in [0.2, 0.25) is 0 Å². The molecule has 2 aromatic carbocycles. The maximum atomic E-state index is 12.7. The number of benzene rings is 2. The Morgan fingerprint density at radius 3 is 2.69 bits per heavy atom. The average molecular weight is 407 g/mol. The Bertz CT molecular complexity index is 1010. The smallest absolute Gasteiger partial charge is 0.186 e. The van der Waals surface area contributed by atoms with Crippen LogP contribution in [0.4, 0.5) is 5.13 Å². The number of anilines is 1. The lowest BCUT2D eigenvalue weighted by Gasteiger charge is -2.26. The van der Waals surface area contributed by atoms with Gasteiger partial charge in [0.1, 0.15) is 5.75 Å². The molecule has 29 heavy (non-hydrogen) atoms. The molecule has 0 saturated carbocycles. The zero-order valence-corrected chi connectivity index (χ0v) is 17.0. The zero-order valence-electron chi connectivity index (χ0n) is 16.2. The Labute approximate surface area is 174 Å². The van der Waals surface area contributed by atoms with E-state index in [9.17, 15) is 4.79 Å². The Hall–Kier alpha value is -2.96. The summed E-state index contributed by atoms with van der Waals surface area (Å²) in [5.74, 6) is 0.603. The Morgan fingerprint density at radius 2 is 1.93 bits per heavy atom. The van der Waals surface area contributed by atoms with E-state index < -0.39 is 0 Å². The van der Waals surface area contributed by atoms with Gasteiger partial charge in [-0.05, 0) is 24.3 Å². The van der Waals surface area contributed by atoms with Gasteiger partial charge < -0.3 is 14.4 Å². The first-order valence-corrected chi connectivity index (χ1v) is 10.3. The number of aromatic nitrogens is 1. The molecule has 0 atom stereocenters. The van der Waals surface area contributed by atoms with Gasteiger partial charge in [-0.3, -0.25) is 4.79 Å². The number of rotatable bonds is 6. The Morgan fingerprint density at radius 1 is 1.14 bits per heavy atom. The lowest BCUT2D eigenvalue weighted by Crippen LogP contribution is -2.36. The molecule has 0 bridgehead atoms. The minimum Gasteiger partial charge on any atom is -0.497 e. The van der Waals surface area contributed by atoms with Crippen molar-refractivity contribution >= 4 is 28.3 Å². The second-order valence-corrected chi connectivity index (χ2v) is 7.61. The van der Waals surface area contributed by atoms with Crippen LogP contribution in [0, 0.1) is 0 Å². The average Bonchev–Trinajstić information content (AvgIpc) is 3.23. The highest BCUT2D eigenvalue weighted by Crippen LogP contribution is 2.34. The van der Waals surface area contributed by atoms with Gasteiger partial charge in [0.25, 0.3) is 0 Å². The van der Waals surface area contributed by atoms with Crippen LogP contribution in [-0.2, 0) is 4.74 Å². The van der Waals surface area contributed by atoms with Gasteiger partial charge in [0.05, 0.1) is 30.9 Å². The molecule has 148 valence electrons. The van der Waals surface area contributed by atoms with Gasteiger partial charge in [-0.1, -0.05) is 53.8 Å². The summed E-state index contributed by atoms with van der Waals surface area (Å²) in [6.45, 7) is 3.07. The van der Waals surface area contributed by atoms with E-state index in [0.717, 1.165) is 34.4 Å². The number of morpholine rings is 1. The molecule has 2 heterocycles. The number of carbonyl (C=O) groups is 1. The fourth-order valence-corrected chi connectivity index (χ4v) is 4.19. The molecule has 3 aromatic rings. The van der Waals surface area contributed by atoms with Crippen molar-refractivity contribution in [2.75, 3.05) is 38.3 Å². The van der Waals surface area contributed by atoms with Crippen LogP contribution < -0.4 is 9.64 Å². The van der Waals surface area contributed by atoms with E-state index in [4.69, 9.17) is 14.5 Å². The predicted molar refractivity (Wildman–Crippen MR) is 117 cm³/mol. The lowest BCUT2D eigenvalue weighted by molar-refractivity contribution is 0.104. The van der Waals surface area contributed by atoms with Crippen LogP contribution in [0.25, 0.3) is 17.3 Å². The topological polar surface area (TPSA) is 51.7 Å². The van der Waals surface area contributed by atoms with Gasteiger partial charge in [-0.25, -0.2) is 4.98 Å². The molecule has 0 N–H and O–H groups in total. The number of hydrogen-bond donors (Lipinski definition) is 0. The van der Waals surface area contributed by atoms with Crippen LogP contribution >= 0.6 is 11.3 Å². The van der Waals surface area contributed by atoms with Crippen molar-refractivity contribution in [3.05, 3.63) is 71.1 Å². The van der Waals surface area contributed by atoms with E-state index in [1.807, 2.05) is 48.5 Å². The summed E-state index contributed by atoms with van der Waals surface area (Å²) in [4.78, 5) is 20.8. The molecule has 1 aliphatic rings. The summed E-state index contributed by atoms with van der Waals surface area (Å²) in [6.07, 6.45) is 3.48. The number of nitrogens with zero attached hydrogens (tertiary/aromatic N) is 2. The Balaban J connectivity index is 1.65. The van der Waals surface area contributed by atoms with Crippen molar-refractivity contribution in [1.29, 1.82) is 0 Å². The van der Waals surface area contributed by atoms with Crippen molar-refractivity contribution in [2.24, 2.45) is 0 Å². The minimum absolute atomic E-state index is 0.0655. The molecule has 4 rings (SSSR count). The van der Waals surface area contributed by atoms with E-state index in [1.54, 1.807) is 36.7 Å². The summed E-state index contributed by atoms with van der Waals surface area (Å²) in [5.41, 5.74) is 2.53. The van der Waals surface area contributed by atoms with Crippen molar-refractivity contribution < 1.29 is 14.3 Å². The van der Waals surface area contributed by atoms with Crippen molar-refractivity contribution in [2.45, 2.75) is 0 Å². The molecule has 1 aromatic heterocycles. The van der Waals surface area contributed by atoms with Crippen LogP contribution in [0.15, 0.2) is 60.7 Å². The first-order chi connectivity index (χ1) is 14.2. The summed E-state index contributed by atoms with van der Waals surface area (Å²) >= 11 is 1.60. The minimum atomic E-state index is -0.0655. The molecular formula is C23H22N2O3S. The molecule has 0 aliphatic carbocycles. The number of allylic oxidation sites excluding steroid dienone is 1. The number of ketones is 1. The molecule has 0 amide bonds. The van der Waals surface area contributed by atoms with Gasteiger partial charge in [-0.15, -0.1) is 0 Å². The summed E-state index contributed by atoms with van der Waals surface area (Å²) in [6, 6.07) is 17.2. The lowest BCUT2D eigenvalue weighted by atomic mass is 10.1. The first kappa shape index (κ1) is 19.4. The fraction of sp³-hybridized carbons (Fsp3) is 0.217. The Kier molecular flexibility index (Phi) is 6.03. The van der Waals surface area contributed by atoms with Crippen molar-refractivity contribution in [1.82, 2.24) is 4.98 Å². The van der Waals surface area contributed by atoms with E-state index in [1.165, 1.54) is 0 Å². The zero-order chi connectivity index (χ0) is 20.1. The maximum Gasteiger partial charge on any atom is 0.186 e. The molecule has 0 unspecified atom stereocenters. The summed E-state index contributed by atoms with van der Waals surface area (Å²) in [7, 11) is 1.59. The van der Waals surface area contributed by atoms with Gasteiger partial charge in [0.15, 0.2) is 10.9 Å². The van der Waals surface area contributed by atoms with Crippen LogP contribution in [-0.4, -0.2) is 44.2 Å². The molecule has 0 spiro atoms. The van der Waals surface area contributed by atoms with Crippen molar-refractivity contribution in [3.63, 3.8) is 0 Å². The highest BCUT2D eigenvalue weighted by atomic mass is 32.1. The standard InChI is InChI=1S/C23H22N2O3S/c1-27-19-9-5-8-18(16-19)20(26)10-11-21-22(17-6-3-2-4-7-17)24-23(29-21)25-12-14-28-15-13-25/h2-11,16H,12-15H2,1H3/b11-10+. The molecule has 1 aliphatic heterocycles. The number of thiazole rings is 1. The predicted octanol–water partition coefficient (Wildman–Crippen LogP) is 4.55. The largest absolute Gasteiger partial charge is 0.497 e. The molecule has 1 fully saturated rings. The fourth-order valence-electron chi connectivity index (χ4n) is 3.15. The normalized spacial score (nSPS) is 14.3. The first-order valence-electron chi connectivity index (χ1n) is 9.50. The second kappa shape index (κ2) is 9.03. The number of carbonyl (C=O) groups excluding carboxylic acids is 1. The summed E-state index contributed by atoms with van der Waals surface area (Å²) < 4.78 is 10.7. The SMILES string of the molecule is COc1cccc(C(=O)/C=C/c2sc(N3CCOCC3)nc2-c2ccccc2)c1. The second-order valence-electron chi connectivity index (χ2n) is 6.60. The van der Waals surface area contributed by atoms with Crippen LogP contribution in [0.3, 0.4) is 0 Å². The molecule has 0 radical (unpaired) electrons. The van der Waals surface area contributed by atoms with Gasteiger partial charge in [0.2, 0.25) is 0 Å². The number of hydrogen-bond acceptors (Lipinski definition) is 6. The molecule has 6 heteroatoms. The van der Waals surface area contributed by atoms with E-state index in [0.29, 0.717) is 24.5 Å². The third-order valence-electron chi connectivity index (χ3n) is 4.71. The number of methoxy groups -OCH3 is 1. The van der Waals surface area contributed by atoms with Crippen LogP contribution in [0.5, 0.6) is 5.75 Å². The highest BCUT2D eigenvalue weighted by Gasteiger charge is 2.18. The molecule has 1 saturated heterocycles. The highest BCUT2D eigenvalue weighted by molar-refractivity contribution is 7.17. The number of ether oxygens (including phenoxy) is 2.